The molecule has 1 aromatic carbocycles. The van der Waals surface area contributed by atoms with Crippen LogP contribution in [0.1, 0.15) is 41.1 Å². The summed E-state index contributed by atoms with van der Waals surface area (Å²) >= 11 is 0. The third kappa shape index (κ3) is 3.14. The fourth-order valence-corrected chi connectivity index (χ4v) is 2.63. The maximum absolute atomic E-state index is 12.3. The first-order valence-electron chi connectivity index (χ1n) is 7.41. The largest absolute Gasteiger partial charge is 0.493 e. The van der Waals surface area contributed by atoms with Gasteiger partial charge < -0.3 is 19.6 Å². The Morgan fingerprint density at radius 2 is 2.27 bits per heavy atom. The Morgan fingerprint density at radius 1 is 1.41 bits per heavy atom. The van der Waals surface area contributed by atoms with Crippen LogP contribution in [0.15, 0.2) is 41.0 Å². The Hall–Kier alpha value is -2.27. The molecule has 0 aliphatic carbocycles. The second-order valence-corrected chi connectivity index (χ2v) is 5.56. The molecular weight excluding hydrogens is 282 g/mol. The number of rotatable bonds is 5. The molecule has 5 nitrogen and oxygen atoms in total. The van der Waals surface area contributed by atoms with Crippen LogP contribution in [-0.2, 0) is 6.42 Å². The van der Waals surface area contributed by atoms with Gasteiger partial charge in [0.15, 0.2) is 0 Å². The first kappa shape index (κ1) is 14.7. The van der Waals surface area contributed by atoms with Crippen LogP contribution >= 0.6 is 0 Å². The van der Waals surface area contributed by atoms with Gasteiger partial charge in [-0.25, -0.2) is 0 Å². The normalized spacial score (nSPS) is 15.7. The van der Waals surface area contributed by atoms with E-state index in [1.165, 1.54) is 6.26 Å². The number of hydrogen-bond acceptors (Lipinski definition) is 4. The molecule has 1 aliphatic heterocycles. The van der Waals surface area contributed by atoms with Gasteiger partial charge in [0.05, 0.1) is 12.9 Å². The van der Waals surface area contributed by atoms with E-state index in [2.05, 4.69) is 5.32 Å². The van der Waals surface area contributed by atoms with Crippen molar-refractivity contribution in [3.63, 3.8) is 0 Å². The molecule has 2 aromatic rings. The zero-order valence-corrected chi connectivity index (χ0v) is 12.4. The Morgan fingerprint density at radius 3 is 3.05 bits per heavy atom. The molecule has 0 radical (unpaired) electrons. The third-order valence-electron chi connectivity index (χ3n) is 3.78. The van der Waals surface area contributed by atoms with Gasteiger partial charge in [0.1, 0.15) is 17.6 Å². The Balaban J connectivity index is 1.59. The second kappa shape index (κ2) is 6.23. The third-order valence-corrected chi connectivity index (χ3v) is 3.78. The molecule has 2 N–H and O–H groups in total. The molecule has 2 heterocycles. The highest BCUT2D eigenvalue weighted by Crippen LogP contribution is 2.26. The average molecular weight is 301 g/mol. The number of amides is 1. The summed E-state index contributed by atoms with van der Waals surface area (Å²) in [5.41, 5.74) is 1.68. The minimum absolute atomic E-state index is 0.145. The van der Waals surface area contributed by atoms with Gasteiger partial charge in [0, 0.05) is 24.4 Å². The first-order valence-corrected chi connectivity index (χ1v) is 7.41. The lowest BCUT2D eigenvalue weighted by molar-refractivity contribution is 0.0903. The highest BCUT2D eigenvalue weighted by Gasteiger charge is 2.19. The fourth-order valence-electron chi connectivity index (χ4n) is 2.63. The zero-order chi connectivity index (χ0) is 15.5. The molecule has 5 heteroatoms. The van der Waals surface area contributed by atoms with Crippen LogP contribution in [0.3, 0.4) is 0 Å². The SMILES string of the molecule is CC(CC(O)c1ccco1)NC(=O)c1ccc2c(c1)CCO2. The predicted molar refractivity (Wildman–Crippen MR) is 80.9 cm³/mol. The average Bonchev–Trinajstić information content (AvgIpc) is 3.17. The van der Waals surface area contributed by atoms with E-state index in [0.717, 1.165) is 17.7 Å². The standard InChI is InChI=1S/C17H19NO4/c1-11(9-14(19)16-3-2-7-21-16)18-17(20)13-4-5-15-12(10-13)6-8-22-15/h2-5,7,10-11,14,19H,6,8-9H2,1H3,(H,18,20). The molecule has 22 heavy (non-hydrogen) atoms. The van der Waals surface area contributed by atoms with Gasteiger partial charge >= 0.3 is 0 Å². The van der Waals surface area contributed by atoms with Crippen LogP contribution < -0.4 is 10.1 Å². The van der Waals surface area contributed by atoms with Crippen LogP contribution in [0.5, 0.6) is 5.75 Å². The number of hydrogen-bond donors (Lipinski definition) is 2. The second-order valence-electron chi connectivity index (χ2n) is 5.56. The van der Waals surface area contributed by atoms with Gasteiger partial charge in [0.2, 0.25) is 0 Å². The highest BCUT2D eigenvalue weighted by molar-refractivity contribution is 5.94. The number of furan rings is 1. The van der Waals surface area contributed by atoms with Gasteiger partial charge in [0.25, 0.3) is 5.91 Å². The van der Waals surface area contributed by atoms with E-state index in [-0.39, 0.29) is 11.9 Å². The van der Waals surface area contributed by atoms with Crippen LogP contribution in [-0.4, -0.2) is 23.7 Å². The molecule has 1 aliphatic rings. The fraction of sp³-hybridized carbons (Fsp3) is 0.353. The van der Waals surface area contributed by atoms with Crippen LogP contribution in [0.4, 0.5) is 0 Å². The minimum atomic E-state index is -0.723. The molecule has 0 bridgehead atoms. The van der Waals surface area contributed by atoms with Crippen molar-refractivity contribution in [2.45, 2.75) is 31.9 Å². The molecule has 2 unspecified atom stereocenters. The highest BCUT2D eigenvalue weighted by atomic mass is 16.5. The number of fused-ring (bicyclic) bond motifs is 1. The summed E-state index contributed by atoms with van der Waals surface area (Å²) in [6, 6.07) is 8.74. The van der Waals surface area contributed by atoms with Crippen molar-refractivity contribution in [2.75, 3.05) is 6.61 Å². The van der Waals surface area contributed by atoms with Crippen LogP contribution in [0.2, 0.25) is 0 Å². The number of aliphatic hydroxyl groups excluding tert-OH is 1. The number of nitrogens with one attached hydrogen (secondary N) is 1. The summed E-state index contributed by atoms with van der Waals surface area (Å²) in [5.74, 6) is 1.22. The van der Waals surface area contributed by atoms with Gasteiger partial charge in [-0.1, -0.05) is 0 Å². The molecule has 1 aromatic heterocycles. The summed E-state index contributed by atoms with van der Waals surface area (Å²) in [6.45, 7) is 2.53. The smallest absolute Gasteiger partial charge is 0.251 e. The number of carbonyl (C=O) groups excluding carboxylic acids is 1. The van der Waals surface area contributed by atoms with E-state index in [1.54, 1.807) is 18.2 Å². The van der Waals surface area contributed by atoms with Crippen molar-refractivity contribution in [2.24, 2.45) is 0 Å². The molecule has 0 saturated heterocycles. The molecular formula is C17H19NO4. The lowest BCUT2D eigenvalue weighted by Gasteiger charge is -2.17. The van der Waals surface area contributed by atoms with Crippen LogP contribution in [0, 0.1) is 0 Å². The molecule has 3 rings (SSSR count). The summed E-state index contributed by atoms with van der Waals surface area (Å²) in [7, 11) is 0. The lowest BCUT2D eigenvalue weighted by atomic mass is 10.1. The number of aliphatic hydroxyl groups is 1. The molecule has 1 amide bonds. The molecule has 0 saturated carbocycles. The lowest BCUT2D eigenvalue weighted by Crippen LogP contribution is -2.33. The van der Waals surface area contributed by atoms with E-state index in [4.69, 9.17) is 9.15 Å². The molecule has 0 spiro atoms. The Labute approximate surface area is 128 Å². The summed E-state index contributed by atoms with van der Waals surface area (Å²) < 4.78 is 10.6. The summed E-state index contributed by atoms with van der Waals surface area (Å²) in [4.78, 5) is 12.3. The van der Waals surface area contributed by atoms with Gasteiger partial charge in [-0.2, -0.15) is 0 Å². The maximum Gasteiger partial charge on any atom is 0.251 e. The Bertz CT molecular complexity index is 651. The van der Waals surface area contributed by atoms with Crippen LogP contribution in [0.25, 0.3) is 0 Å². The summed E-state index contributed by atoms with van der Waals surface area (Å²) in [6.07, 6.45) is 2.03. The van der Waals surface area contributed by atoms with Crippen molar-refractivity contribution in [3.8, 4) is 5.75 Å². The van der Waals surface area contributed by atoms with Crippen molar-refractivity contribution in [3.05, 3.63) is 53.5 Å². The van der Waals surface area contributed by atoms with E-state index in [1.807, 2.05) is 19.1 Å². The predicted octanol–water partition coefficient (Wildman–Crippen LogP) is 2.46. The maximum atomic E-state index is 12.3. The molecule has 0 fully saturated rings. The van der Waals surface area contributed by atoms with Crippen molar-refractivity contribution < 1.29 is 19.1 Å². The number of benzene rings is 1. The van der Waals surface area contributed by atoms with E-state index in [9.17, 15) is 9.90 Å². The van der Waals surface area contributed by atoms with Gasteiger partial charge in [-0.3, -0.25) is 4.79 Å². The molecule has 2 atom stereocenters. The minimum Gasteiger partial charge on any atom is -0.493 e. The number of ether oxygens (including phenoxy) is 1. The van der Waals surface area contributed by atoms with Crippen molar-refractivity contribution in [1.82, 2.24) is 5.32 Å². The monoisotopic (exact) mass is 301 g/mol. The Kier molecular flexibility index (Phi) is 4.15. The van der Waals surface area contributed by atoms with Gasteiger partial charge in [-0.15, -0.1) is 0 Å². The zero-order valence-electron chi connectivity index (χ0n) is 12.4. The van der Waals surface area contributed by atoms with Gasteiger partial charge in [-0.05, 0) is 42.8 Å². The van der Waals surface area contributed by atoms with E-state index >= 15 is 0 Å². The quantitative estimate of drug-likeness (QED) is 0.890. The van der Waals surface area contributed by atoms with Crippen molar-refractivity contribution >= 4 is 5.91 Å². The first-order chi connectivity index (χ1) is 10.6. The topological polar surface area (TPSA) is 71.7 Å². The van der Waals surface area contributed by atoms with Crippen molar-refractivity contribution in [1.29, 1.82) is 0 Å². The molecule has 116 valence electrons. The summed E-state index contributed by atoms with van der Waals surface area (Å²) in [5, 5.41) is 12.9. The van der Waals surface area contributed by atoms with E-state index < -0.39 is 6.10 Å². The van der Waals surface area contributed by atoms with E-state index in [0.29, 0.717) is 24.4 Å². The number of carbonyl (C=O) groups is 1.